The van der Waals surface area contributed by atoms with Crippen LogP contribution in [0.15, 0.2) is 4.42 Å². The molecule has 0 bridgehead atoms. The molecule has 0 N–H and O–H groups in total. The Morgan fingerprint density at radius 2 is 1.90 bits per heavy atom. The van der Waals surface area contributed by atoms with Crippen LogP contribution in [0.2, 0.25) is 0 Å². The molecule has 2 atom stereocenters. The first-order valence-corrected chi connectivity index (χ1v) is 7.58. The van der Waals surface area contributed by atoms with Crippen LogP contribution in [-0.4, -0.2) is 36.1 Å². The molecule has 1 saturated heterocycles. The third-order valence-electron chi connectivity index (χ3n) is 4.77. The lowest BCUT2D eigenvalue weighted by Gasteiger charge is -2.43. The number of aryl methyl sites for hydroxylation is 2. The average Bonchev–Trinajstić information content (AvgIpc) is 2.71. The van der Waals surface area contributed by atoms with Gasteiger partial charge in [-0.3, -0.25) is 4.79 Å². The number of carbonyl (C=O) groups excluding carboxylic acids is 1. The Labute approximate surface area is 120 Å². The van der Waals surface area contributed by atoms with Crippen molar-refractivity contribution >= 4 is 5.91 Å². The van der Waals surface area contributed by atoms with Crippen molar-refractivity contribution in [2.24, 2.45) is 0 Å². The molecule has 1 aliphatic carbocycles. The maximum absolute atomic E-state index is 12.9. The number of carbonyl (C=O) groups is 1. The van der Waals surface area contributed by atoms with E-state index in [2.05, 4.69) is 0 Å². The Bertz CT molecular complexity index is 518. The van der Waals surface area contributed by atoms with E-state index < -0.39 is 0 Å². The van der Waals surface area contributed by atoms with E-state index in [1.807, 2.05) is 25.7 Å². The summed E-state index contributed by atoms with van der Waals surface area (Å²) in [6, 6.07) is 0.249. The molecule has 2 fully saturated rings. The highest BCUT2D eigenvalue weighted by Crippen LogP contribution is 2.31. The van der Waals surface area contributed by atoms with Crippen LogP contribution in [0.3, 0.4) is 0 Å². The van der Waals surface area contributed by atoms with Gasteiger partial charge in [0.05, 0.1) is 24.3 Å². The summed E-state index contributed by atoms with van der Waals surface area (Å²) in [6.45, 7) is 7.12. The van der Waals surface area contributed by atoms with E-state index in [0.29, 0.717) is 13.2 Å². The van der Waals surface area contributed by atoms with Gasteiger partial charge in [-0.25, -0.2) is 0 Å². The van der Waals surface area contributed by atoms with Crippen molar-refractivity contribution in [3.63, 3.8) is 0 Å². The van der Waals surface area contributed by atoms with Crippen molar-refractivity contribution in [1.29, 1.82) is 0 Å². The lowest BCUT2D eigenvalue weighted by molar-refractivity contribution is -0.0753. The van der Waals surface area contributed by atoms with Crippen molar-refractivity contribution < 1.29 is 13.9 Å². The summed E-state index contributed by atoms with van der Waals surface area (Å²) in [5.74, 6) is 1.71. The zero-order valence-corrected chi connectivity index (χ0v) is 12.6. The molecule has 0 aromatic carbocycles. The molecule has 1 aliphatic heterocycles. The number of hydrogen-bond donors (Lipinski definition) is 0. The molecule has 2 heterocycles. The largest absolute Gasteiger partial charge is 0.466 e. The Hall–Kier alpha value is -1.29. The average molecular weight is 277 g/mol. The summed E-state index contributed by atoms with van der Waals surface area (Å²) in [7, 11) is 0. The van der Waals surface area contributed by atoms with Crippen LogP contribution in [0.1, 0.15) is 53.1 Å². The second-order valence-corrected chi connectivity index (χ2v) is 5.97. The SMILES string of the molecule is Cc1oc(C)c(C(=O)N2CCO[C@@H]3CCCC[C@H]32)c1C. The van der Waals surface area contributed by atoms with E-state index in [1.165, 1.54) is 12.8 Å². The van der Waals surface area contributed by atoms with Crippen LogP contribution in [-0.2, 0) is 4.74 Å². The van der Waals surface area contributed by atoms with Crippen molar-refractivity contribution in [3.05, 3.63) is 22.6 Å². The molecule has 1 aromatic heterocycles. The van der Waals surface area contributed by atoms with Crippen LogP contribution in [0.5, 0.6) is 0 Å². The highest BCUT2D eigenvalue weighted by Gasteiger charge is 2.38. The van der Waals surface area contributed by atoms with Crippen LogP contribution in [0.25, 0.3) is 0 Å². The van der Waals surface area contributed by atoms with Gasteiger partial charge >= 0.3 is 0 Å². The van der Waals surface area contributed by atoms with Crippen molar-refractivity contribution in [3.8, 4) is 0 Å². The van der Waals surface area contributed by atoms with E-state index in [4.69, 9.17) is 9.15 Å². The quantitative estimate of drug-likeness (QED) is 0.792. The summed E-state index contributed by atoms with van der Waals surface area (Å²) in [4.78, 5) is 14.9. The second-order valence-electron chi connectivity index (χ2n) is 5.97. The molecule has 2 aliphatic rings. The van der Waals surface area contributed by atoms with Crippen LogP contribution in [0.4, 0.5) is 0 Å². The molecule has 20 heavy (non-hydrogen) atoms. The molecule has 4 nitrogen and oxygen atoms in total. The van der Waals surface area contributed by atoms with Gasteiger partial charge in [0, 0.05) is 12.1 Å². The zero-order valence-electron chi connectivity index (χ0n) is 12.6. The molecular formula is C16H23NO3. The van der Waals surface area contributed by atoms with E-state index >= 15 is 0 Å². The molecule has 3 rings (SSSR count). The Morgan fingerprint density at radius 3 is 2.60 bits per heavy atom. The first kappa shape index (κ1) is 13.7. The number of furan rings is 1. The standard InChI is InChI=1S/C16H23NO3/c1-10-11(2)20-12(3)15(10)16(18)17-8-9-19-14-7-5-4-6-13(14)17/h13-14H,4-9H2,1-3H3/t13-,14-/m1/s1. The first-order valence-electron chi connectivity index (χ1n) is 7.58. The van der Waals surface area contributed by atoms with Gasteiger partial charge in [-0.2, -0.15) is 0 Å². The molecule has 0 radical (unpaired) electrons. The molecule has 0 unspecified atom stereocenters. The van der Waals surface area contributed by atoms with Gasteiger partial charge in [-0.1, -0.05) is 12.8 Å². The molecular weight excluding hydrogens is 254 g/mol. The van der Waals surface area contributed by atoms with Crippen molar-refractivity contribution in [2.75, 3.05) is 13.2 Å². The maximum Gasteiger partial charge on any atom is 0.258 e. The zero-order chi connectivity index (χ0) is 14.3. The fourth-order valence-electron chi connectivity index (χ4n) is 3.60. The van der Waals surface area contributed by atoms with Gasteiger partial charge in [-0.05, 0) is 33.6 Å². The van der Waals surface area contributed by atoms with Gasteiger partial charge in [0.2, 0.25) is 0 Å². The Balaban J connectivity index is 1.89. The summed E-state index contributed by atoms with van der Waals surface area (Å²) < 4.78 is 11.5. The van der Waals surface area contributed by atoms with Crippen LogP contribution < -0.4 is 0 Å². The molecule has 110 valence electrons. The third-order valence-corrected chi connectivity index (χ3v) is 4.77. The fourth-order valence-corrected chi connectivity index (χ4v) is 3.60. The topological polar surface area (TPSA) is 42.7 Å². The van der Waals surface area contributed by atoms with E-state index in [9.17, 15) is 4.79 Å². The highest BCUT2D eigenvalue weighted by atomic mass is 16.5. The summed E-state index contributed by atoms with van der Waals surface area (Å²) in [6.07, 6.45) is 4.78. The molecule has 1 saturated carbocycles. The number of fused-ring (bicyclic) bond motifs is 1. The number of rotatable bonds is 1. The van der Waals surface area contributed by atoms with E-state index in [0.717, 1.165) is 35.5 Å². The van der Waals surface area contributed by atoms with Gasteiger partial charge < -0.3 is 14.1 Å². The Kier molecular flexibility index (Phi) is 3.59. The number of ether oxygens (including phenoxy) is 1. The summed E-state index contributed by atoms with van der Waals surface area (Å²) in [5.41, 5.74) is 1.74. The van der Waals surface area contributed by atoms with Crippen molar-refractivity contribution in [2.45, 2.75) is 58.6 Å². The van der Waals surface area contributed by atoms with E-state index in [-0.39, 0.29) is 18.1 Å². The molecule has 4 heteroatoms. The number of amides is 1. The minimum absolute atomic E-state index is 0.122. The van der Waals surface area contributed by atoms with E-state index in [1.54, 1.807) is 0 Å². The van der Waals surface area contributed by atoms with Gasteiger partial charge in [0.25, 0.3) is 5.91 Å². The summed E-state index contributed by atoms with van der Waals surface area (Å²) in [5, 5.41) is 0. The number of morpholine rings is 1. The van der Waals surface area contributed by atoms with Gasteiger partial charge in [0.15, 0.2) is 0 Å². The second kappa shape index (κ2) is 5.24. The van der Waals surface area contributed by atoms with Gasteiger partial charge in [-0.15, -0.1) is 0 Å². The van der Waals surface area contributed by atoms with Crippen molar-refractivity contribution in [1.82, 2.24) is 4.90 Å². The highest BCUT2D eigenvalue weighted by molar-refractivity contribution is 5.97. The lowest BCUT2D eigenvalue weighted by atomic mass is 9.89. The Morgan fingerprint density at radius 1 is 1.15 bits per heavy atom. The molecule has 0 spiro atoms. The minimum atomic E-state index is 0.122. The first-order chi connectivity index (χ1) is 9.59. The predicted octanol–water partition coefficient (Wildman–Crippen LogP) is 2.99. The smallest absolute Gasteiger partial charge is 0.258 e. The summed E-state index contributed by atoms with van der Waals surface area (Å²) >= 11 is 0. The minimum Gasteiger partial charge on any atom is -0.466 e. The molecule has 1 aromatic rings. The monoisotopic (exact) mass is 277 g/mol. The predicted molar refractivity (Wildman–Crippen MR) is 76.0 cm³/mol. The number of nitrogens with zero attached hydrogens (tertiary/aromatic N) is 1. The lowest BCUT2D eigenvalue weighted by Crippen LogP contribution is -2.55. The molecule has 1 amide bonds. The van der Waals surface area contributed by atoms with Gasteiger partial charge in [0.1, 0.15) is 11.5 Å². The van der Waals surface area contributed by atoms with Crippen LogP contribution in [0, 0.1) is 20.8 Å². The van der Waals surface area contributed by atoms with Crippen LogP contribution >= 0.6 is 0 Å². The number of hydrogen-bond acceptors (Lipinski definition) is 3. The fraction of sp³-hybridized carbons (Fsp3) is 0.688. The maximum atomic E-state index is 12.9. The third kappa shape index (κ3) is 2.16. The normalized spacial score (nSPS) is 26.4.